The molecule has 12 heavy (non-hydrogen) atoms. The molecule has 0 aliphatic rings. The Morgan fingerprint density at radius 2 is 2.25 bits per heavy atom. The minimum Gasteiger partial charge on any atom is -0.329 e. The molecule has 0 fully saturated rings. The Labute approximate surface area is 70.2 Å². The van der Waals surface area contributed by atoms with E-state index in [-0.39, 0.29) is 4.90 Å². The molecule has 68 valence electrons. The molecule has 0 saturated carbocycles. The third-order valence-corrected chi connectivity index (χ3v) is 2.16. The molecule has 1 aromatic rings. The molecule has 0 spiro atoms. The zero-order valence-electron chi connectivity index (χ0n) is 6.34. The van der Waals surface area contributed by atoms with Gasteiger partial charge in [0.15, 0.2) is 0 Å². The molecule has 4 N–H and O–H groups in total. The summed E-state index contributed by atoms with van der Waals surface area (Å²) in [4.78, 5) is 0.0101. The molecular formula is C5H10N4O2S. The standard InChI is InChI=1S/C5H10N4O2S/c6-1-2-9-4-5(3-8-9)12(7,10)11/h3-4H,1-2,6H2,(H2,7,10,11). The maximum Gasteiger partial charge on any atom is 0.241 e. The van der Waals surface area contributed by atoms with Crippen molar-refractivity contribution >= 4 is 10.0 Å². The second kappa shape index (κ2) is 3.21. The first-order valence-corrected chi connectivity index (χ1v) is 4.84. The van der Waals surface area contributed by atoms with Crippen LogP contribution in [0.1, 0.15) is 0 Å². The fourth-order valence-corrected chi connectivity index (χ4v) is 1.21. The van der Waals surface area contributed by atoms with Crippen molar-refractivity contribution in [1.29, 1.82) is 0 Å². The predicted octanol–water partition coefficient (Wildman–Crippen LogP) is -1.51. The van der Waals surface area contributed by atoms with Crippen molar-refractivity contribution in [2.75, 3.05) is 6.54 Å². The quantitative estimate of drug-likeness (QED) is 0.604. The molecule has 6 nitrogen and oxygen atoms in total. The maximum atomic E-state index is 10.7. The summed E-state index contributed by atoms with van der Waals surface area (Å²) in [7, 11) is -3.62. The Balaban J connectivity index is 2.92. The Kier molecular flexibility index (Phi) is 2.46. The average molecular weight is 190 g/mol. The number of sulfonamides is 1. The van der Waals surface area contributed by atoms with Gasteiger partial charge in [-0.3, -0.25) is 4.68 Å². The summed E-state index contributed by atoms with van der Waals surface area (Å²) in [6.45, 7) is 0.890. The van der Waals surface area contributed by atoms with Crippen LogP contribution < -0.4 is 10.9 Å². The minimum absolute atomic E-state index is 0.0101. The van der Waals surface area contributed by atoms with Crippen LogP contribution in [0, 0.1) is 0 Å². The molecule has 0 radical (unpaired) electrons. The average Bonchev–Trinajstić information content (AvgIpc) is 2.35. The highest BCUT2D eigenvalue weighted by molar-refractivity contribution is 7.89. The van der Waals surface area contributed by atoms with Crippen LogP contribution in [0.5, 0.6) is 0 Å². The first kappa shape index (κ1) is 9.17. The molecule has 0 unspecified atom stereocenters. The molecule has 0 atom stereocenters. The summed E-state index contributed by atoms with van der Waals surface area (Å²) in [6, 6.07) is 0. The van der Waals surface area contributed by atoms with Gasteiger partial charge in [-0.15, -0.1) is 0 Å². The number of hydrogen-bond donors (Lipinski definition) is 2. The van der Waals surface area contributed by atoms with Gasteiger partial charge >= 0.3 is 0 Å². The number of nitrogens with two attached hydrogens (primary N) is 2. The third kappa shape index (κ3) is 2.03. The summed E-state index contributed by atoms with van der Waals surface area (Å²) >= 11 is 0. The minimum atomic E-state index is -3.62. The predicted molar refractivity (Wildman–Crippen MR) is 42.7 cm³/mol. The van der Waals surface area contributed by atoms with E-state index in [0.29, 0.717) is 13.1 Å². The maximum absolute atomic E-state index is 10.7. The van der Waals surface area contributed by atoms with Gasteiger partial charge in [0, 0.05) is 12.7 Å². The van der Waals surface area contributed by atoms with E-state index in [1.807, 2.05) is 0 Å². The molecule has 0 aliphatic heterocycles. The lowest BCUT2D eigenvalue weighted by molar-refractivity contribution is 0.596. The van der Waals surface area contributed by atoms with E-state index in [9.17, 15) is 8.42 Å². The van der Waals surface area contributed by atoms with Gasteiger partial charge in [0.2, 0.25) is 10.0 Å². The van der Waals surface area contributed by atoms with Crippen LogP contribution in [0.25, 0.3) is 0 Å². The molecule has 1 aromatic heterocycles. The van der Waals surface area contributed by atoms with Crippen LogP contribution in [0.15, 0.2) is 17.3 Å². The SMILES string of the molecule is NCCn1cc(S(N)(=O)=O)cn1. The number of aromatic nitrogens is 2. The molecule has 7 heteroatoms. The second-order valence-corrected chi connectivity index (χ2v) is 3.83. The van der Waals surface area contributed by atoms with Crippen molar-refractivity contribution in [2.45, 2.75) is 11.4 Å². The van der Waals surface area contributed by atoms with Gasteiger partial charge in [0.1, 0.15) is 4.90 Å². The van der Waals surface area contributed by atoms with Crippen molar-refractivity contribution in [3.8, 4) is 0 Å². The fraction of sp³-hybridized carbons (Fsp3) is 0.400. The van der Waals surface area contributed by atoms with Crippen molar-refractivity contribution in [3.05, 3.63) is 12.4 Å². The van der Waals surface area contributed by atoms with Crippen LogP contribution in [-0.4, -0.2) is 24.7 Å². The van der Waals surface area contributed by atoms with Crippen molar-refractivity contribution in [3.63, 3.8) is 0 Å². The van der Waals surface area contributed by atoms with Gasteiger partial charge in [-0.2, -0.15) is 5.10 Å². The van der Waals surface area contributed by atoms with E-state index < -0.39 is 10.0 Å². The summed E-state index contributed by atoms with van der Waals surface area (Å²) in [5, 5.41) is 8.60. The summed E-state index contributed by atoms with van der Waals surface area (Å²) in [6.07, 6.45) is 2.55. The zero-order valence-corrected chi connectivity index (χ0v) is 7.16. The molecule has 1 heterocycles. The molecule has 1 rings (SSSR count). The highest BCUT2D eigenvalue weighted by atomic mass is 32.2. The molecule has 0 aliphatic carbocycles. The number of hydrogen-bond acceptors (Lipinski definition) is 4. The van der Waals surface area contributed by atoms with Gasteiger partial charge in [0.25, 0.3) is 0 Å². The van der Waals surface area contributed by atoms with Gasteiger partial charge in [-0.25, -0.2) is 13.6 Å². The summed E-state index contributed by atoms with van der Waals surface area (Å²) in [5.41, 5.74) is 5.24. The lowest BCUT2D eigenvalue weighted by atomic mass is 10.6. The van der Waals surface area contributed by atoms with Gasteiger partial charge in [-0.1, -0.05) is 0 Å². The molecule has 0 amide bonds. The number of nitrogens with zero attached hydrogens (tertiary/aromatic N) is 2. The first-order valence-electron chi connectivity index (χ1n) is 3.29. The fourth-order valence-electron chi connectivity index (χ4n) is 0.746. The second-order valence-electron chi connectivity index (χ2n) is 2.27. The Morgan fingerprint density at radius 1 is 1.58 bits per heavy atom. The van der Waals surface area contributed by atoms with Crippen molar-refractivity contribution < 1.29 is 8.42 Å². The summed E-state index contributed by atoms with van der Waals surface area (Å²) < 4.78 is 22.9. The van der Waals surface area contributed by atoms with E-state index in [2.05, 4.69) is 5.10 Å². The van der Waals surface area contributed by atoms with Crippen molar-refractivity contribution in [2.24, 2.45) is 10.9 Å². The highest BCUT2D eigenvalue weighted by Gasteiger charge is 2.09. The van der Waals surface area contributed by atoms with Gasteiger partial charge < -0.3 is 5.73 Å². The lowest BCUT2D eigenvalue weighted by Crippen LogP contribution is -2.12. The van der Waals surface area contributed by atoms with Gasteiger partial charge in [-0.05, 0) is 0 Å². The normalized spacial score (nSPS) is 11.8. The van der Waals surface area contributed by atoms with E-state index in [4.69, 9.17) is 10.9 Å². The number of primary sulfonamides is 1. The van der Waals surface area contributed by atoms with Crippen LogP contribution in [0.3, 0.4) is 0 Å². The molecule has 0 bridgehead atoms. The smallest absolute Gasteiger partial charge is 0.241 e. The van der Waals surface area contributed by atoms with Gasteiger partial charge in [0.05, 0.1) is 12.7 Å². The lowest BCUT2D eigenvalue weighted by Gasteiger charge is -1.94. The monoisotopic (exact) mass is 190 g/mol. The Bertz CT molecular complexity index is 355. The highest BCUT2D eigenvalue weighted by Crippen LogP contribution is 2.02. The van der Waals surface area contributed by atoms with Crippen LogP contribution >= 0.6 is 0 Å². The van der Waals surface area contributed by atoms with E-state index >= 15 is 0 Å². The van der Waals surface area contributed by atoms with Crippen LogP contribution in [0.4, 0.5) is 0 Å². The zero-order chi connectivity index (χ0) is 9.19. The molecule has 0 saturated heterocycles. The Hall–Kier alpha value is -0.920. The molecular weight excluding hydrogens is 180 g/mol. The molecule has 0 aromatic carbocycles. The first-order chi connectivity index (χ1) is 5.54. The van der Waals surface area contributed by atoms with E-state index in [0.717, 1.165) is 0 Å². The Morgan fingerprint density at radius 3 is 2.67 bits per heavy atom. The number of rotatable bonds is 3. The van der Waals surface area contributed by atoms with Crippen LogP contribution in [0.2, 0.25) is 0 Å². The largest absolute Gasteiger partial charge is 0.329 e. The van der Waals surface area contributed by atoms with E-state index in [1.165, 1.54) is 17.1 Å². The van der Waals surface area contributed by atoms with E-state index in [1.54, 1.807) is 0 Å². The van der Waals surface area contributed by atoms with Crippen molar-refractivity contribution in [1.82, 2.24) is 9.78 Å². The topological polar surface area (TPSA) is 104 Å². The summed E-state index contributed by atoms with van der Waals surface area (Å²) in [5.74, 6) is 0. The third-order valence-electron chi connectivity index (χ3n) is 1.30. The van der Waals surface area contributed by atoms with Crippen LogP contribution in [-0.2, 0) is 16.6 Å².